The van der Waals surface area contributed by atoms with Gasteiger partial charge in [-0.15, -0.1) is 10.2 Å². The maximum Gasteiger partial charge on any atom is 0.283 e. The molecule has 1 aromatic carbocycles. The van der Waals surface area contributed by atoms with Crippen LogP contribution in [0.5, 0.6) is 5.88 Å². The van der Waals surface area contributed by atoms with E-state index in [4.69, 9.17) is 4.42 Å². The van der Waals surface area contributed by atoms with Crippen molar-refractivity contribution < 1.29 is 19.1 Å². The van der Waals surface area contributed by atoms with Gasteiger partial charge in [0.1, 0.15) is 12.3 Å². The van der Waals surface area contributed by atoms with Crippen molar-refractivity contribution in [3.8, 4) is 5.88 Å². The molecular weight excluding hydrogens is 336 g/mol. The first-order chi connectivity index (χ1) is 12.6. The van der Waals surface area contributed by atoms with Crippen LogP contribution in [0.3, 0.4) is 0 Å². The Kier molecular flexibility index (Phi) is 4.93. The summed E-state index contributed by atoms with van der Waals surface area (Å²) in [6.45, 7) is -0.309. The summed E-state index contributed by atoms with van der Waals surface area (Å²) in [6.07, 6.45) is 4.22. The Hall–Kier alpha value is -3.68. The molecule has 0 spiro atoms. The quantitative estimate of drug-likeness (QED) is 0.543. The summed E-state index contributed by atoms with van der Waals surface area (Å²) in [7, 11) is 1.68. The average molecular weight is 352 g/mol. The van der Waals surface area contributed by atoms with E-state index in [1.807, 2.05) is 12.1 Å². The van der Waals surface area contributed by atoms with Gasteiger partial charge in [-0.25, -0.2) is 0 Å². The van der Waals surface area contributed by atoms with Gasteiger partial charge in [0.25, 0.3) is 5.91 Å². The lowest BCUT2D eigenvalue weighted by atomic mass is 10.2. The smallest absolute Gasteiger partial charge is 0.283 e. The number of aromatic hydroxyl groups is 1. The van der Waals surface area contributed by atoms with Gasteiger partial charge < -0.3 is 19.4 Å². The van der Waals surface area contributed by atoms with Crippen molar-refractivity contribution in [3.63, 3.8) is 0 Å². The molecule has 0 unspecified atom stereocenters. The Bertz CT molecular complexity index is 1000. The van der Waals surface area contributed by atoms with Gasteiger partial charge in [0.2, 0.25) is 11.8 Å². The normalized spacial score (nSPS) is 11.6. The number of hydrogen-bond acceptors (Lipinski definition) is 5. The number of fused-ring (bicyclic) bond motifs is 1. The lowest BCUT2D eigenvalue weighted by Gasteiger charge is -1.97. The second kappa shape index (κ2) is 7.47. The van der Waals surface area contributed by atoms with Crippen molar-refractivity contribution in [2.45, 2.75) is 0 Å². The van der Waals surface area contributed by atoms with Crippen LogP contribution in [0, 0.1) is 0 Å². The molecule has 2 aromatic heterocycles. The highest BCUT2D eigenvalue weighted by Gasteiger charge is 2.14. The third-order valence-electron chi connectivity index (χ3n) is 3.67. The number of azo groups is 1. The lowest BCUT2D eigenvalue weighted by molar-refractivity contribution is -0.122. The van der Waals surface area contributed by atoms with Gasteiger partial charge in [-0.2, -0.15) is 0 Å². The van der Waals surface area contributed by atoms with Gasteiger partial charge in [-0.05, 0) is 24.3 Å². The number of hydrogen-bond donors (Lipinski definition) is 2. The van der Waals surface area contributed by atoms with E-state index in [9.17, 15) is 14.7 Å². The van der Waals surface area contributed by atoms with Crippen LogP contribution < -0.4 is 5.32 Å². The molecule has 3 rings (SSSR count). The number of carbonyl (C=O) groups excluding carboxylic acids is 2. The first-order valence-electron chi connectivity index (χ1n) is 7.76. The van der Waals surface area contributed by atoms with E-state index in [1.54, 1.807) is 35.9 Å². The molecule has 0 atom stereocenters. The fraction of sp³-hybridized carbons (Fsp3) is 0.111. The van der Waals surface area contributed by atoms with Crippen LogP contribution in [0.2, 0.25) is 0 Å². The molecule has 2 amide bonds. The number of aryl methyl sites for hydroxylation is 1. The fourth-order valence-corrected chi connectivity index (χ4v) is 2.37. The highest BCUT2D eigenvalue weighted by atomic mass is 16.3. The maximum atomic E-state index is 11.8. The number of furan rings is 1. The number of para-hydroxylation sites is 1. The summed E-state index contributed by atoms with van der Waals surface area (Å²) in [4.78, 5) is 23.4. The molecule has 2 heterocycles. The van der Waals surface area contributed by atoms with E-state index in [0.717, 1.165) is 5.52 Å². The molecule has 0 fully saturated rings. The van der Waals surface area contributed by atoms with Crippen LogP contribution in [-0.4, -0.2) is 28.0 Å². The highest BCUT2D eigenvalue weighted by Crippen LogP contribution is 2.37. The van der Waals surface area contributed by atoms with Crippen LogP contribution in [0.4, 0.5) is 5.69 Å². The van der Waals surface area contributed by atoms with Crippen LogP contribution in [0.1, 0.15) is 5.76 Å². The van der Waals surface area contributed by atoms with Gasteiger partial charge in [0.15, 0.2) is 5.69 Å². The Morgan fingerprint density at radius 2 is 2.08 bits per heavy atom. The number of nitrogens with one attached hydrogen (secondary N) is 1. The molecule has 0 radical (unpaired) electrons. The third kappa shape index (κ3) is 3.69. The summed E-state index contributed by atoms with van der Waals surface area (Å²) >= 11 is 0. The van der Waals surface area contributed by atoms with E-state index in [0.29, 0.717) is 11.1 Å². The zero-order valence-corrected chi connectivity index (χ0v) is 13.9. The van der Waals surface area contributed by atoms with E-state index < -0.39 is 11.8 Å². The van der Waals surface area contributed by atoms with E-state index in [-0.39, 0.29) is 18.1 Å². The molecule has 0 aliphatic carbocycles. The summed E-state index contributed by atoms with van der Waals surface area (Å²) in [5, 5.41) is 20.6. The van der Waals surface area contributed by atoms with Crippen molar-refractivity contribution in [2.75, 3.05) is 6.54 Å². The summed E-state index contributed by atoms with van der Waals surface area (Å²) < 4.78 is 6.60. The number of benzene rings is 1. The first-order valence-corrected chi connectivity index (χ1v) is 7.76. The second-order valence-corrected chi connectivity index (χ2v) is 5.41. The maximum absolute atomic E-state index is 11.8. The Morgan fingerprint density at radius 3 is 2.85 bits per heavy atom. The molecule has 0 bridgehead atoms. The Balaban J connectivity index is 1.62. The molecule has 3 aromatic rings. The SMILES string of the molecule is Cn1c(O)c(N=NC(=O)CNC(=O)C=Cc2ccco2)c2ccccc21. The minimum Gasteiger partial charge on any atom is -0.493 e. The topological polar surface area (TPSA) is 109 Å². The molecular formula is C18H16N4O4. The van der Waals surface area contributed by atoms with Gasteiger partial charge in [-0.1, -0.05) is 18.2 Å². The van der Waals surface area contributed by atoms with Crippen molar-refractivity contribution in [1.82, 2.24) is 9.88 Å². The van der Waals surface area contributed by atoms with Gasteiger partial charge in [-0.3, -0.25) is 9.59 Å². The molecule has 26 heavy (non-hydrogen) atoms. The van der Waals surface area contributed by atoms with Crippen LogP contribution in [0.15, 0.2) is 63.4 Å². The van der Waals surface area contributed by atoms with Crippen molar-refractivity contribution in [1.29, 1.82) is 0 Å². The fourth-order valence-electron chi connectivity index (χ4n) is 2.37. The number of amides is 2. The Morgan fingerprint density at radius 1 is 1.27 bits per heavy atom. The summed E-state index contributed by atoms with van der Waals surface area (Å²) in [6, 6.07) is 10.6. The molecule has 0 saturated heterocycles. The molecule has 0 aliphatic rings. The van der Waals surface area contributed by atoms with Crippen molar-refractivity contribution in [3.05, 3.63) is 54.5 Å². The van der Waals surface area contributed by atoms with Gasteiger partial charge >= 0.3 is 0 Å². The van der Waals surface area contributed by atoms with Crippen LogP contribution >= 0.6 is 0 Å². The monoisotopic (exact) mass is 352 g/mol. The zero-order valence-electron chi connectivity index (χ0n) is 13.9. The first kappa shape index (κ1) is 17.2. The van der Waals surface area contributed by atoms with Crippen molar-refractivity contribution >= 4 is 34.5 Å². The largest absolute Gasteiger partial charge is 0.493 e. The summed E-state index contributed by atoms with van der Waals surface area (Å²) in [5.74, 6) is -0.666. The predicted molar refractivity (Wildman–Crippen MR) is 94.9 cm³/mol. The molecule has 2 N–H and O–H groups in total. The average Bonchev–Trinajstić information content (AvgIpc) is 3.25. The summed E-state index contributed by atoms with van der Waals surface area (Å²) in [5.41, 5.74) is 0.975. The minimum atomic E-state index is -0.642. The Labute approximate surface area is 148 Å². The van der Waals surface area contributed by atoms with Crippen LogP contribution in [-0.2, 0) is 16.6 Å². The second-order valence-electron chi connectivity index (χ2n) is 5.41. The minimum absolute atomic E-state index is 0.0897. The number of nitrogens with zero attached hydrogens (tertiary/aromatic N) is 3. The van der Waals surface area contributed by atoms with E-state index in [2.05, 4.69) is 15.5 Å². The van der Waals surface area contributed by atoms with Crippen LogP contribution in [0.25, 0.3) is 17.0 Å². The van der Waals surface area contributed by atoms with Gasteiger partial charge in [0, 0.05) is 18.5 Å². The predicted octanol–water partition coefficient (Wildman–Crippen LogP) is 2.92. The lowest BCUT2D eigenvalue weighted by Crippen LogP contribution is -2.26. The zero-order chi connectivity index (χ0) is 18.5. The van der Waals surface area contributed by atoms with E-state index >= 15 is 0 Å². The molecule has 8 heteroatoms. The third-order valence-corrected chi connectivity index (χ3v) is 3.67. The standard InChI is InChI=1S/C18H16N4O4/c1-22-14-7-3-2-6-13(14)17(18(22)25)21-20-16(24)11-19-15(23)9-8-12-5-4-10-26-12/h2-10,25H,11H2,1H3,(H,19,23). The van der Waals surface area contributed by atoms with Crippen molar-refractivity contribution in [2.24, 2.45) is 17.3 Å². The molecule has 132 valence electrons. The number of carbonyl (C=O) groups is 2. The highest BCUT2D eigenvalue weighted by molar-refractivity contribution is 5.96. The molecule has 8 nitrogen and oxygen atoms in total. The molecule has 0 aliphatic heterocycles. The van der Waals surface area contributed by atoms with E-state index in [1.165, 1.54) is 18.4 Å². The molecule has 0 saturated carbocycles. The van der Waals surface area contributed by atoms with Gasteiger partial charge in [0.05, 0.1) is 11.8 Å². The number of rotatable bonds is 5. The number of aromatic nitrogens is 1.